The first-order valence-corrected chi connectivity index (χ1v) is 6.67. The fourth-order valence-corrected chi connectivity index (χ4v) is 2.03. The summed E-state index contributed by atoms with van der Waals surface area (Å²) in [6, 6.07) is 1.43. The highest BCUT2D eigenvalue weighted by Gasteiger charge is 2.71. The second-order valence-electron chi connectivity index (χ2n) is 5.33. The topological polar surface area (TPSA) is 44.3 Å². The van der Waals surface area contributed by atoms with Crippen molar-refractivity contribution in [1.82, 2.24) is 5.32 Å². The highest BCUT2D eigenvalue weighted by atomic mass is 19.4. The van der Waals surface area contributed by atoms with E-state index < -0.39 is 23.5 Å². The summed E-state index contributed by atoms with van der Waals surface area (Å²) >= 11 is 0. The molecule has 0 spiro atoms. The average Bonchev–Trinajstić information content (AvgIpc) is 2.40. The van der Waals surface area contributed by atoms with E-state index in [1.165, 1.54) is 13.8 Å². The summed E-state index contributed by atoms with van der Waals surface area (Å²) < 4.78 is 78.3. The monoisotopic (exact) mass is 344 g/mol. The van der Waals surface area contributed by atoms with Gasteiger partial charge in [-0.2, -0.15) is 26.3 Å². The van der Waals surface area contributed by atoms with Crippen molar-refractivity contribution in [2.75, 3.05) is 12.4 Å². The zero-order valence-corrected chi connectivity index (χ0v) is 12.9. The van der Waals surface area contributed by atoms with E-state index in [1.807, 2.05) is 0 Å². The Bertz CT molecular complexity index is 548. The van der Waals surface area contributed by atoms with Crippen molar-refractivity contribution in [1.29, 1.82) is 0 Å². The molecule has 3 N–H and O–H groups in total. The van der Waals surface area contributed by atoms with E-state index in [0.29, 0.717) is 17.8 Å². The Balaban J connectivity index is 3.35. The molecule has 0 aliphatic heterocycles. The zero-order valence-electron chi connectivity index (χ0n) is 12.9. The van der Waals surface area contributed by atoms with Crippen molar-refractivity contribution in [3.63, 3.8) is 0 Å². The molecule has 0 aliphatic carbocycles. The lowest BCUT2D eigenvalue weighted by Gasteiger charge is -2.31. The number of hydrogen-bond donors (Lipinski definition) is 3. The first-order chi connectivity index (χ1) is 10.3. The van der Waals surface area contributed by atoms with Crippen LogP contribution in [-0.4, -0.2) is 30.4 Å². The van der Waals surface area contributed by atoms with Gasteiger partial charge in [0.1, 0.15) is 0 Å². The molecule has 9 heteroatoms. The number of aryl methyl sites for hydroxylation is 2. The Morgan fingerprint density at radius 2 is 1.43 bits per heavy atom. The van der Waals surface area contributed by atoms with Crippen LogP contribution in [0.1, 0.15) is 23.6 Å². The van der Waals surface area contributed by atoms with Gasteiger partial charge in [-0.15, -0.1) is 0 Å². The standard InChI is InChI=1S/C14H18F6N2O/c1-7-5-10(6-8(2)11(7)22-9(3)21-4)12(15,16)13(17,23)14(18,19)20/h5-6,9,21-23H,1-4H3. The SMILES string of the molecule is CNC(C)Nc1c(C)cc(C(F)(F)C(O)(F)C(F)(F)F)cc1C. The molecule has 0 saturated heterocycles. The molecule has 0 amide bonds. The molecular formula is C14H18F6N2O. The lowest BCUT2D eigenvalue weighted by molar-refractivity contribution is -0.390. The fourth-order valence-electron chi connectivity index (χ4n) is 2.03. The van der Waals surface area contributed by atoms with E-state index in [0.717, 1.165) is 0 Å². The molecule has 1 aromatic rings. The van der Waals surface area contributed by atoms with Crippen molar-refractivity contribution in [3.8, 4) is 0 Å². The molecule has 0 heterocycles. The quantitative estimate of drug-likeness (QED) is 0.565. The van der Waals surface area contributed by atoms with Crippen molar-refractivity contribution in [2.24, 2.45) is 0 Å². The Morgan fingerprint density at radius 3 is 1.78 bits per heavy atom. The Labute approximate surface area is 129 Å². The Morgan fingerprint density at radius 1 is 1.00 bits per heavy atom. The van der Waals surface area contributed by atoms with Gasteiger partial charge >= 0.3 is 18.0 Å². The van der Waals surface area contributed by atoms with Crippen LogP contribution >= 0.6 is 0 Å². The van der Waals surface area contributed by atoms with Crippen molar-refractivity contribution >= 4 is 5.69 Å². The van der Waals surface area contributed by atoms with E-state index in [1.54, 1.807) is 14.0 Å². The zero-order chi connectivity index (χ0) is 18.2. The van der Waals surface area contributed by atoms with Gasteiger partial charge in [0.15, 0.2) is 0 Å². The smallest absolute Gasteiger partial charge is 0.370 e. The van der Waals surface area contributed by atoms with Crippen LogP contribution < -0.4 is 10.6 Å². The predicted octanol–water partition coefficient (Wildman–Crippen LogP) is 3.59. The van der Waals surface area contributed by atoms with Gasteiger partial charge < -0.3 is 15.7 Å². The fraction of sp³-hybridized carbons (Fsp3) is 0.571. The molecule has 2 atom stereocenters. The van der Waals surface area contributed by atoms with Crippen LogP contribution in [0.5, 0.6) is 0 Å². The summed E-state index contributed by atoms with van der Waals surface area (Å²) in [7, 11) is 1.65. The van der Waals surface area contributed by atoms with Gasteiger partial charge in [-0.1, -0.05) is 0 Å². The van der Waals surface area contributed by atoms with E-state index in [9.17, 15) is 26.3 Å². The number of rotatable bonds is 5. The minimum Gasteiger partial charge on any atom is -0.370 e. The van der Waals surface area contributed by atoms with E-state index >= 15 is 0 Å². The molecule has 1 aromatic carbocycles. The average molecular weight is 344 g/mol. The molecule has 132 valence electrons. The van der Waals surface area contributed by atoms with Gasteiger partial charge in [-0.3, -0.25) is 0 Å². The van der Waals surface area contributed by atoms with Crippen LogP contribution in [0, 0.1) is 13.8 Å². The molecule has 0 aliphatic rings. The first-order valence-electron chi connectivity index (χ1n) is 6.67. The normalized spacial score (nSPS) is 16.8. The molecule has 2 unspecified atom stereocenters. The number of benzene rings is 1. The second kappa shape index (κ2) is 6.20. The maximum Gasteiger partial charge on any atom is 0.455 e. The summed E-state index contributed by atoms with van der Waals surface area (Å²) in [6.45, 7) is 4.52. The molecule has 0 aromatic heterocycles. The highest BCUT2D eigenvalue weighted by Crippen LogP contribution is 2.49. The molecule has 23 heavy (non-hydrogen) atoms. The molecule has 0 bridgehead atoms. The molecule has 0 saturated carbocycles. The molecule has 3 nitrogen and oxygen atoms in total. The number of halogens is 6. The Kier molecular flexibility index (Phi) is 5.27. The lowest BCUT2D eigenvalue weighted by Crippen LogP contribution is -2.53. The van der Waals surface area contributed by atoms with Gasteiger partial charge in [-0.25, -0.2) is 0 Å². The first kappa shape index (κ1) is 19.6. The lowest BCUT2D eigenvalue weighted by atomic mass is 9.95. The van der Waals surface area contributed by atoms with Crippen LogP contribution in [0.2, 0.25) is 0 Å². The van der Waals surface area contributed by atoms with E-state index in [4.69, 9.17) is 5.11 Å². The Hall–Kier alpha value is -1.48. The van der Waals surface area contributed by atoms with Crippen molar-refractivity contribution in [3.05, 3.63) is 28.8 Å². The molecular weight excluding hydrogens is 326 g/mol. The number of nitrogens with one attached hydrogen (secondary N) is 2. The second-order valence-corrected chi connectivity index (χ2v) is 5.33. The molecule has 0 fully saturated rings. The highest BCUT2D eigenvalue weighted by molar-refractivity contribution is 5.59. The number of alkyl halides is 6. The molecule has 0 radical (unpaired) electrons. The summed E-state index contributed by atoms with van der Waals surface area (Å²) in [5.74, 6) is -10.8. The van der Waals surface area contributed by atoms with Crippen LogP contribution in [0.15, 0.2) is 12.1 Å². The summed E-state index contributed by atoms with van der Waals surface area (Å²) in [5, 5.41) is 14.5. The van der Waals surface area contributed by atoms with Crippen LogP contribution in [0.25, 0.3) is 0 Å². The third kappa shape index (κ3) is 3.55. The maximum absolute atomic E-state index is 13.9. The van der Waals surface area contributed by atoms with Gasteiger partial charge in [0.05, 0.1) is 6.17 Å². The maximum atomic E-state index is 13.9. The third-order valence-electron chi connectivity index (χ3n) is 3.48. The number of hydrogen-bond acceptors (Lipinski definition) is 3. The third-order valence-corrected chi connectivity index (χ3v) is 3.48. The van der Waals surface area contributed by atoms with Gasteiger partial charge in [0, 0.05) is 11.3 Å². The van der Waals surface area contributed by atoms with Crippen LogP contribution in [0.3, 0.4) is 0 Å². The van der Waals surface area contributed by atoms with E-state index in [-0.39, 0.29) is 17.3 Å². The van der Waals surface area contributed by atoms with E-state index in [2.05, 4.69) is 10.6 Å². The van der Waals surface area contributed by atoms with Crippen molar-refractivity contribution < 1.29 is 31.4 Å². The van der Waals surface area contributed by atoms with Crippen LogP contribution in [-0.2, 0) is 5.92 Å². The van der Waals surface area contributed by atoms with Gasteiger partial charge in [0.2, 0.25) is 0 Å². The predicted molar refractivity (Wildman–Crippen MR) is 74.1 cm³/mol. The summed E-state index contributed by atoms with van der Waals surface area (Å²) in [4.78, 5) is 0. The van der Waals surface area contributed by atoms with Crippen molar-refractivity contribution in [2.45, 2.75) is 44.9 Å². The largest absolute Gasteiger partial charge is 0.455 e. The number of anilines is 1. The van der Waals surface area contributed by atoms with Gasteiger partial charge in [-0.05, 0) is 51.1 Å². The minimum atomic E-state index is -6.13. The minimum absolute atomic E-state index is 0.194. The van der Waals surface area contributed by atoms with Gasteiger partial charge in [0.25, 0.3) is 0 Å². The molecule has 1 rings (SSSR count). The summed E-state index contributed by atoms with van der Waals surface area (Å²) in [5.41, 5.74) is -0.433. The van der Waals surface area contributed by atoms with Crippen LogP contribution in [0.4, 0.5) is 32.0 Å². The number of aliphatic hydroxyl groups is 1. The summed E-state index contributed by atoms with van der Waals surface area (Å²) in [6.07, 6.45) is -6.36.